The van der Waals surface area contributed by atoms with Crippen molar-refractivity contribution >= 4 is 16.9 Å². The third-order valence-electron chi connectivity index (χ3n) is 3.43. The van der Waals surface area contributed by atoms with Crippen LogP contribution < -0.4 is 11.1 Å². The first kappa shape index (κ1) is 16.3. The molecule has 0 aromatic heterocycles. The van der Waals surface area contributed by atoms with Gasteiger partial charge in [0.25, 0.3) is 0 Å². The zero-order chi connectivity index (χ0) is 13.6. The molecule has 2 atom stereocenters. The van der Waals surface area contributed by atoms with Crippen LogP contribution in [0, 0.1) is 5.92 Å². The molecular formula is C12H30N2O2Si2. The van der Waals surface area contributed by atoms with Gasteiger partial charge in [0, 0.05) is 13.3 Å². The minimum atomic E-state index is -1.99. The average molecular weight is 291 g/mol. The summed E-state index contributed by atoms with van der Waals surface area (Å²) >= 11 is 0. The first-order chi connectivity index (χ1) is 8.37. The maximum absolute atomic E-state index is 6.51. The van der Waals surface area contributed by atoms with Gasteiger partial charge in [0.15, 0.2) is 8.32 Å². The van der Waals surface area contributed by atoms with Crippen molar-refractivity contribution in [2.75, 3.05) is 19.8 Å². The molecule has 6 heteroatoms. The van der Waals surface area contributed by atoms with Gasteiger partial charge in [-0.15, -0.1) is 0 Å². The van der Waals surface area contributed by atoms with E-state index in [0.29, 0.717) is 12.6 Å². The van der Waals surface area contributed by atoms with Crippen LogP contribution in [0.3, 0.4) is 0 Å². The summed E-state index contributed by atoms with van der Waals surface area (Å²) in [5.41, 5.74) is 5.48. The fourth-order valence-electron chi connectivity index (χ4n) is 2.74. The maximum Gasteiger partial charge on any atom is 0.324 e. The highest BCUT2D eigenvalue weighted by atomic mass is 28.4. The van der Waals surface area contributed by atoms with Crippen molar-refractivity contribution < 1.29 is 8.54 Å². The summed E-state index contributed by atoms with van der Waals surface area (Å²) in [5.74, 6) is 0.564. The molecule has 2 unspecified atom stereocenters. The molecule has 0 saturated carbocycles. The molecule has 18 heavy (non-hydrogen) atoms. The average Bonchev–Trinajstić information content (AvgIpc) is 2.22. The van der Waals surface area contributed by atoms with Crippen LogP contribution >= 0.6 is 0 Å². The van der Waals surface area contributed by atoms with Crippen LogP contribution in [0.1, 0.15) is 19.8 Å². The highest BCUT2D eigenvalue weighted by Crippen LogP contribution is 2.29. The number of nitrogens with two attached hydrogens (primary N) is 1. The van der Waals surface area contributed by atoms with E-state index in [4.69, 9.17) is 14.3 Å². The lowest BCUT2D eigenvalue weighted by atomic mass is 10.2. The Kier molecular flexibility index (Phi) is 6.50. The van der Waals surface area contributed by atoms with Gasteiger partial charge in [0.05, 0.1) is 0 Å². The van der Waals surface area contributed by atoms with Gasteiger partial charge < -0.3 is 19.6 Å². The predicted molar refractivity (Wildman–Crippen MR) is 81.2 cm³/mol. The molecule has 3 N–H and O–H groups in total. The molecule has 0 spiro atoms. The molecular weight excluding hydrogens is 260 g/mol. The molecule has 1 fully saturated rings. The summed E-state index contributed by atoms with van der Waals surface area (Å²) in [5, 5.41) is 3.20. The lowest BCUT2D eigenvalue weighted by Gasteiger charge is -2.39. The van der Waals surface area contributed by atoms with Gasteiger partial charge in [0.2, 0.25) is 0 Å². The fourth-order valence-corrected chi connectivity index (χ4v) is 11.6. The second-order valence-corrected chi connectivity index (χ2v) is 14.1. The Bertz CT molecular complexity index is 254. The van der Waals surface area contributed by atoms with E-state index < -0.39 is 16.9 Å². The van der Waals surface area contributed by atoms with Gasteiger partial charge in [-0.1, -0.05) is 13.3 Å². The van der Waals surface area contributed by atoms with E-state index in [0.717, 1.165) is 19.2 Å². The quantitative estimate of drug-likeness (QED) is 0.602. The molecule has 0 aliphatic carbocycles. The van der Waals surface area contributed by atoms with E-state index in [1.165, 1.54) is 18.9 Å². The SMILES string of the molecule is CC(CNCN)C[Si]1(C)OCCCC[Si](C)(C)O1. The maximum atomic E-state index is 6.51. The molecule has 1 aliphatic rings. The monoisotopic (exact) mass is 290 g/mol. The molecule has 1 heterocycles. The molecule has 0 radical (unpaired) electrons. The van der Waals surface area contributed by atoms with Crippen LogP contribution in [0.5, 0.6) is 0 Å². The third-order valence-corrected chi connectivity index (χ3v) is 11.2. The summed E-state index contributed by atoms with van der Waals surface area (Å²) in [6.45, 7) is 11.5. The number of hydrogen-bond donors (Lipinski definition) is 2. The predicted octanol–water partition coefficient (Wildman–Crippen LogP) is 2.23. The summed E-state index contributed by atoms with van der Waals surface area (Å²) in [4.78, 5) is 0. The van der Waals surface area contributed by atoms with Gasteiger partial charge in [0.1, 0.15) is 0 Å². The Balaban J connectivity index is 2.56. The zero-order valence-corrected chi connectivity index (χ0v) is 14.4. The summed E-state index contributed by atoms with van der Waals surface area (Å²) in [6.07, 6.45) is 2.45. The van der Waals surface area contributed by atoms with Crippen LogP contribution in [-0.2, 0) is 8.54 Å². The van der Waals surface area contributed by atoms with Gasteiger partial charge in [-0.3, -0.25) is 0 Å². The Hall–Kier alpha value is 0.274. The molecule has 1 saturated heterocycles. The Morgan fingerprint density at radius 1 is 1.28 bits per heavy atom. The Labute approximate surface area is 114 Å². The van der Waals surface area contributed by atoms with Gasteiger partial charge in [-0.05, 0) is 50.6 Å². The van der Waals surface area contributed by atoms with Crippen LogP contribution in [0.2, 0.25) is 31.7 Å². The van der Waals surface area contributed by atoms with E-state index in [-0.39, 0.29) is 0 Å². The van der Waals surface area contributed by atoms with Crippen molar-refractivity contribution in [2.24, 2.45) is 11.7 Å². The van der Waals surface area contributed by atoms with E-state index >= 15 is 0 Å². The summed E-state index contributed by atoms with van der Waals surface area (Å²) in [7, 11) is -3.50. The minimum Gasteiger partial charge on any atom is -0.436 e. The normalized spacial score (nSPS) is 30.5. The smallest absolute Gasteiger partial charge is 0.324 e. The standard InChI is InChI=1S/C12H30N2O2Si2/c1-12(9-14-11-13)10-18(4)15-7-5-6-8-17(2,3)16-18/h12,14H,5-11,13H2,1-4H3. The molecule has 4 nitrogen and oxygen atoms in total. The Morgan fingerprint density at radius 3 is 2.67 bits per heavy atom. The highest BCUT2D eigenvalue weighted by Gasteiger charge is 2.40. The largest absolute Gasteiger partial charge is 0.436 e. The van der Waals surface area contributed by atoms with Crippen molar-refractivity contribution in [3.05, 3.63) is 0 Å². The van der Waals surface area contributed by atoms with Gasteiger partial charge >= 0.3 is 8.56 Å². The molecule has 108 valence electrons. The van der Waals surface area contributed by atoms with Gasteiger partial charge in [-0.25, -0.2) is 0 Å². The number of hydrogen-bond acceptors (Lipinski definition) is 4. The van der Waals surface area contributed by atoms with Crippen molar-refractivity contribution in [1.29, 1.82) is 0 Å². The molecule has 0 bridgehead atoms. The molecule has 1 aliphatic heterocycles. The zero-order valence-electron chi connectivity index (χ0n) is 12.4. The number of nitrogens with one attached hydrogen (secondary N) is 1. The van der Waals surface area contributed by atoms with Crippen molar-refractivity contribution in [3.63, 3.8) is 0 Å². The third kappa shape index (κ3) is 5.94. The summed E-state index contributed by atoms with van der Waals surface area (Å²) < 4.78 is 12.7. The minimum absolute atomic E-state index is 0.546. The topological polar surface area (TPSA) is 56.5 Å². The van der Waals surface area contributed by atoms with Crippen LogP contribution in [0.25, 0.3) is 0 Å². The first-order valence-electron chi connectivity index (χ1n) is 7.12. The van der Waals surface area contributed by atoms with E-state index in [9.17, 15) is 0 Å². The summed E-state index contributed by atoms with van der Waals surface area (Å²) in [6, 6.07) is 2.34. The lowest BCUT2D eigenvalue weighted by Crippen LogP contribution is -2.51. The highest BCUT2D eigenvalue weighted by molar-refractivity contribution is 6.82. The van der Waals surface area contributed by atoms with E-state index in [1.807, 2.05) is 0 Å². The van der Waals surface area contributed by atoms with Crippen LogP contribution in [-0.4, -0.2) is 36.7 Å². The molecule has 0 aromatic carbocycles. The van der Waals surface area contributed by atoms with Gasteiger partial charge in [-0.2, -0.15) is 0 Å². The second kappa shape index (κ2) is 7.16. The Morgan fingerprint density at radius 2 is 2.00 bits per heavy atom. The number of rotatable bonds is 5. The van der Waals surface area contributed by atoms with E-state index in [2.05, 4.69) is 31.9 Å². The molecule has 0 amide bonds. The van der Waals surface area contributed by atoms with E-state index in [1.54, 1.807) is 0 Å². The first-order valence-corrected chi connectivity index (χ1v) is 12.8. The van der Waals surface area contributed by atoms with Crippen LogP contribution in [0.4, 0.5) is 0 Å². The lowest BCUT2D eigenvalue weighted by molar-refractivity contribution is 0.220. The van der Waals surface area contributed by atoms with Crippen molar-refractivity contribution in [3.8, 4) is 0 Å². The van der Waals surface area contributed by atoms with Crippen molar-refractivity contribution in [2.45, 2.75) is 51.5 Å². The van der Waals surface area contributed by atoms with Crippen LogP contribution in [0.15, 0.2) is 0 Å². The second-order valence-electron chi connectivity index (χ2n) is 6.27. The fraction of sp³-hybridized carbons (Fsp3) is 1.00. The molecule has 1 rings (SSSR count). The molecule has 0 aromatic rings. The van der Waals surface area contributed by atoms with Crippen molar-refractivity contribution in [1.82, 2.24) is 5.32 Å².